The second-order valence-corrected chi connectivity index (χ2v) is 4.00. The molecule has 3 atom stereocenters. The predicted molar refractivity (Wildman–Crippen MR) is 46.7 cm³/mol. The zero-order valence-corrected chi connectivity index (χ0v) is 8.45. The van der Waals surface area contributed by atoms with E-state index in [1.807, 2.05) is 0 Å². The summed E-state index contributed by atoms with van der Waals surface area (Å²) in [7, 11) is -4.77. The molecule has 0 rings (SSSR count). The number of aliphatic hydroxyl groups is 3. The molecule has 0 unspecified atom stereocenters. The normalized spacial score (nSPS) is 19.1. The zero-order valence-electron chi connectivity index (χ0n) is 8.55. The number of carbonyl (C=O) groups excluding carboxylic acids is 1. The van der Waals surface area contributed by atoms with Gasteiger partial charge in [0.2, 0.25) is 0 Å². The second kappa shape index (κ2) is 6.29. The molecule has 90 valence electrons. The summed E-state index contributed by atoms with van der Waals surface area (Å²) in [6.07, 6.45) is -7.15. The van der Waals surface area contributed by atoms with Crippen LogP contribution in [0.25, 0.3) is 0 Å². The fourth-order valence-corrected chi connectivity index (χ4v) is 1.08. The van der Waals surface area contributed by atoms with E-state index in [2.05, 4.69) is 4.52 Å². The zero-order chi connectivity index (χ0) is 12.9. The van der Waals surface area contributed by atoms with Gasteiger partial charge in [-0.15, -0.1) is 0 Å². The molecule has 0 heterocycles. The largest absolute Gasteiger partial charge is 0.469 e. The average molecular weight is 246 g/mol. The van der Waals surface area contributed by atoms with Crippen molar-refractivity contribution in [2.24, 2.45) is 0 Å². The van der Waals surface area contributed by atoms with E-state index in [9.17, 15) is 9.36 Å². The summed E-state index contributed by atoms with van der Waals surface area (Å²) in [5.74, 6) is 0. The first-order valence-electron chi connectivity index (χ1n) is 4.37. The van der Waals surface area contributed by atoms with Gasteiger partial charge in [0.15, 0.2) is 0 Å². The molecular formula is C6H13O8P. The lowest BCUT2D eigenvalue weighted by Gasteiger charge is -2.21. The number of phosphoric acid groups is 1. The molecule has 0 spiro atoms. The standard InChI is InChI=1S/C6H13O8P/c7-2-1-4(8)6(10)5(9)3-14-15(11,12)13/h2,4-6,8-10H,1,3H2,(H2,11,12,13)/t4-,5-,6+/m1/s1/i2T. The molecule has 0 bridgehead atoms. The smallest absolute Gasteiger partial charge is 0.390 e. The number of hydrogen-bond donors (Lipinski definition) is 5. The molecule has 0 aromatic rings. The van der Waals surface area contributed by atoms with Crippen LogP contribution >= 0.6 is 7.82 Å². The third-order valence-corrected chi connectivity index (χ3v) is 1.98. The molecule has 0 amide bonds. The summed E-state index contributed by atoms with van der Waals surface area (Å²) < 4.78 is 20.6. The fourth-order valence-electron chi connectivity index (χ4n) is 0.735. The van der Waals surface area contributed by atoms with E-state index in [1.165, 1.54) is 0 Å². The molecule has 0 saturated carbocycles. The van der Waals surface area contributed by atoms with Gasteiger partial charge >= 0.3 is 7.82 Å². The Morgan fingerprint density at radius 3 is 2.27 bits per heavy atom. The highest BCUT2D eigenvalue weighted by Gasteiger charge is 2.27. The van der Waals surface area contributed by atoms with E-state index in [-0.39, 0.29) is 0 Å². The van der Waals surface area contributed by atoms with Gasteiger partial charge in [0, 0.05) is 6.42 Å². The molecule has 8 nitrogen and oxygen atoms in total. The van der Waals surface area contributed by atoms with E-state index in [0.29, 0.717) is 0 Å². The van der Waals surface area contributed by atoms with Crippen molar-refractivity contribution >= 4 is 14.1 Å². The molecule has 5 N–H and O–H groups in total. The number of phosphoric ester groups is 1. The molecule has 0 aromatic carbocycles. The number of hydrogen-bond acceptors (Lipinski definition) is 6. The Labute approximate surface area is 86.8 Å². The molecule has 0 aliphatic heterocycles. The predicted octanol–water partition coefficient (Wildman–Crippen LogP) is -2.23. The van der Waals surface area contributed by atoms with Crippen LogP contribution < -0.4 is 0 Å². The summed E-state index contributed by atoms with van der Waals surface area (Å²) in [6.45, 7) is -0.908. The number of carbonyl (C=O) groups is 1. The monoisotopic (exact) mass is 246 g/mol. The van der Waals surface area contributed by atoms with Gasteiger partial charge in [-0.05, 0) is 0 Å². The van der Waals surface area contributed by atoms with Gasteiger partial charge in [-0.25, -0.2) is 4.57 Å². The maximum absolute atomic E-state index is 10.3. The van der Waals surface area contributed by atoms with Crippen LogP contribution in [0.15, 0.2) is 0 Å². The van der Waals surface area contributed by atoms with Crippen LogP contribution in [0.3, 0.4) is 0 Å². The molecule has 0 fully saturated rings. The van der Waals surface area contributed by atoms with E-state index in [1.54, 1.807) is 0 Å². The minimum Gasteiger partial charge on any atom is -0.390 e. The molecule has 0 radical (unpaired) electrons. The number of aliphatic hydroxyl groups excluding tert-OH is 3. The Morgan fingerprint density at radius 2 is 1.87 bits per heavy atom. The van der Waals surface area contributed by atoms with Gasteiger partial charge in [0.25, 0.3) is 0 Å². The Morgan fingerprint density at radius 1 is 1.33 bits per heavy atom. The van der Waals surface area contributed by atoms with Crippen molar-refractivity contribution in [3.8, 4) is 0 Å². The Hall–Kier alpha value is -0.340. The molecule has 0 aliphatic rings. The Balaban J connectivity index is 4.12. The fraction of sp³-hybridized carbons (Fsp3) is 0.833. The van der Waals surface area contributed by atoms with E-state index < -0.39 is 45.4 Å². The Kier molecular flexibility index (Phi) is 5.34. The highest BCUT2D eigenvalue weighted by Crippen LogP contribution is 2.35. The SMILES string of the molecule is [3H]C(=O)C[C@@H](O)[C@H](O)[C@H](O)COP(=O)(O)O. The minimum absolute atomic E-state index is 0.700. The molecule has 9 heteroatoms. The van der Waals surface area contributed by atoms with Crippen molar-refractivity contribution in [2.75, 3.05) is 6.61 Å². The molecule has 0 aliphatic carbocycles. The topological polar surface area (TPSA) is 145 Å². The van der Waals surface area contributed by atoms with Gasteiger partial charge in [-0.2, -0.15) is 0 Å². The van der Waals surface area contributed by atoms with Crippen molar-refractivity contribution in [2.45, 2.75) is 24.7 Å². The van der Waals surface area contributed by atoms with Gasteiger partial charge in [0.1, 0.15) is 19.8 Å². The summed E-state index contributed by atoms with van der Waals surface area (Å²) in [5.41, 5.74) is 0. The van der Waals surface area contributed by atoms with Crippen molar-refractivity contribution in [3.63, 3.8) is 0 Å². The average Bonchev–Trinajstić information content (AvgIpc) is 2.10. The summed E-state index contributed by atoms with van der Waals surface area (Å²) in [5, 5.41) is 27.4. The lowest BCUT2D eigenvalue weighted by Crippen LogP contribution is -2.40. The molecule has 0 aromatic heterocycles. The van der Waals surface area contributed by atoms with E-state index in [4.69, 9.17) is 26.5 Å². The van der Waals surface area contributed by atoms with Crippen LogP contribution in [-0.4, -0.2) is 56.3 Å². The lowest BCUT2D eigenvalue weighted by atomic mass is 10.1. The van der Waals surface area contributed by atoms with E-state index >= 15 is 0 Å². The van der Waals surface area contributed by atoms with Crippen LogP contribution in [0.2, 0.25) is 0 Å². The van der Waals surface area contributed by atoms with Crippen molar-refractivity contribution in [3.05, 3.63) is 0 Å². The van der Waals surface area contributed by atoms with Gasteiger partial charge in [-0.1, -0.05) is 0 Å². The quantitative estimate of drug-likeness (QED) is 0.250. The first-order valence-corrected chi connectivity index (χ1v) is 5.40. The molecular weight excluding hydrogens is 231 g/mol. The Bertz CT molecular complexity index is 278. The number of aldehydes is 1. The van der Waals surface area contributed by atoms with Crippen LogP contribution in [0.5, 0.6) is 0 Å². The molecule has 0 saturated heterocycles. The summed E-state index contributed by atoms with van der Waals surface area (Å²) >= 11 is 0. The first-order chi connectivity index (χ1) is 7.13. The van der Waals surface area contributed by atoms with Crippen molar-refractivity contribution in [1.82, 2.24) is 0 Å². The van der Waals surface area contributed by atoms with Crippen molar-refractivity contribution in [1.29, 1.82) is 0 Å². The van der Waals surface area contributed by atoms with Gasteiger partial charge in [0.05, 0.1) is 12.7 Å². The summed E-state index contributed by atoms with van der Waals surface area (Å²) in [6, 6.07) is 0. The third-order valence-electron chi connectivity index (χ3n) is 1.49. The van der Waals surface area contributed by atoms with Crippen LogP contribution in [0, 0.1) is 0 Å². The van der Waals surface area contributed by atoms with Crippen LogP contribution in [0.4, 0.5) is 0 Å². The van der Waals surface area contributed by atoms with Gasteiger partial charge < -0.3 is 29.9 Å². The highest BCUT2D eigenvalue weighted by atomic mass is 31.2. The maximum Gasteiger partial charge on any atom is 0.469 e. The van der Waals surface area contributed by atoms with Crippen molar-refractivity contribution < 1.29 is 40.4 Å². The third kappa shape index (κ3) is 6.69. The van der Waals surface area contributed by atoms with Crippen LogP contribution in [-0.2, 0) is 13.9 Å². The second-order valence-electron chi connectivity index (χ2n) is 2.76. The van der Waals surface area contributed by atoms with E-state index in [0.717, 1.165) is 0 Å². The number of rotatable bonds is 7. The molecule has 15 heavy (non-hydrogen) atoms. The highest BCUT2D eigenvalue weighted by molar-refractivity contribution is 7.46. The van der Waals surface area contributed by atoms with Gasteiger partial charge in [-0.3, -0.25) is 4.52 Å². The summed E-state index contributed by atoms with van der Waals surface area (Å²) in [4.78, 5) is 26.8. The first kappa shape index (κ1) is 12.7. The lowest BCUT2D eigenvalue weighted by molar-refractivity contribution is -0.115. The minimum atomic E-state index is -4.77. The van der Waals surface area contributed by atoms with Crippen LogP contribution in [0.1, 0.15) is 7.79 Å². The maximum atomic E-state index is 10.3.